The molecule has 0 aromatic heterocycles. The molecule has 0 unspecified atom stereocenters. The molecule has 0 saturated carbocycles. The van der Waals surface area contributed by atoms with Gasteiger partial charge in [0.05, 0.1) is 0 Å². The Balaban J connectivity index is 2.22. The number of para-hydroxylation sites is 1. The first-order valence-electron chi connectivity index (χ1n) is 11.9. The molecule has 0 saturated heterocycles. The van der Waals surface area contributed by atoms with E-state index in [1.54, 1.807) is 18.2 Å². The smallest absolute Gasteiger partial charge is 0.125 e. The van der Waals surface area contributed by atoms with E-state index < -0.39 is 0 Å². The Hall–Kier alpha value is -3.72. The van der Waals surface area contributed by atoms with E-state index in [2.05, 4.69) is 83.8 Å². The zero-order valence-corrected chi connectivity index (χ0v) is 21.4. The number of benzene rings is 3. The number of rotatable bonds is 12. The van der Waals surface area contributed by atoms with Crippen molar-refractivity contribution >= 4 is 0 Å². The van der Waals surface area contributed by atoms with E-state index in [1.807, 2.05) is 12.1 Å². The van der Waals surface area contributed by atoms with E-state index in [4.69, 9.17) is 14.2 Å². The largest absolute Gasteiger partial charge is 0.489 e. The van der Waals surface area contributed by atoms with Gasteiger partial charge in [0.25, 0.3) is 0 Å². The molecule has 0 aliphatic carbocycles. The van der Waals surface area contributed by atoms with Gasteiger partial charge in [-0.25, -0.2) is 0 Å². The summed E-state index contributed by atoms with van der Waals surface area (Å²) in [6.07, 6.45) is 5.31. The minimum absolute atomic E-state index is 0.0345. The van der Waals surface area contributed by atoms with Gasteiger partial charge in [-0.3, -0.25) is 0 Å². The molecule has 3 nitrogen and oxygen atoms in total. The molecule has 0 fully saturated rings. The van der Waals surface area contributed by atoms with Crippen LogP contribution in [0.1, 0.15) is 44.9 Å². The van der Waals surface area contributed by atoms with Crippen molar-refractivity contribution in [1.29, 1.82) is 0 Å². The lowest BCUT2D eigenvalue weighted by Gasteiger charge is -2.25. The van der Waals surface area contributed by atoms with Crippen molar-refractivity contribution in [3.8, 4) is 17.2 Å². The third-order valence-corrected chi connectivity index (χ3v) is 5.91. The van der Waals surface area contributed by atoms with Gasteiger partial charge in [-0.05, 0) is 67.1 Å². The van der Waals surface area contributed by atoms with Crippen molar-refractivity contribution < 1.29 is 14.2 Å². The summed E-state index contributed by atoms with van der Waals surface area (Å²) in [6, 6.07) is 17.1. The van der Waals surface area contributed by atoms with Crippen molar-refractivity contribution in [2.45, 2.75) is 33.6 Å². The predicted molar refractivity (Wildman–Crippen MR) is 146 cm³/mol. The average Bonchev–Trinajstić information content (AvgIpc) is 2.83. The maximum atomic E-state index is 6.10. The summed E-state index contributed by atoms with van der Waals surface area (Å²) in [5.74, 6) is 2.63. The Kier molecular flexibility index (Phi) is 8.97. The van der Waals surface area contributed by atoms with Crippen LogP contribution in [0.4, 0.5) is 0 Å². The standard InChI is InChI=1S/C32H36O3/c1-8-15-33-29-14-12-11-13-28(29)30(26-18-22(4)31(23(5)19-26)34-16-9-2)27-20-24(6)32(25(7)21-27)35-17-10-3/h8-14,18-21,30H,1-3,15-17H2,4-7H3. The molecule has 0 aliphatic heterocycles. The molecule has 0 bridgehead atoms. The van der Waals surface area contributed by atoms with Crippen molar-refractivity contribution in [2.24, 2.45) is 0 Å². The van der Waals surface area contributed by atoms with Gasteiger partial charge >= 0.3 is 0 Å². The number of aryl methyl sites for hydroxylation is 4. The van der Waals surface area contributed by atoms with Gasteiger partial charge in [-0.2, -0.15) is 0 Å². The van der Waals surface area contributed by atoms with Crippen LogP contribution in [0.5, 0.6) is 17.2 Å². The van der Waals surface area contributed by atoms with Crippen LogP contribution in [0, 0.1) is 27.7 Å². The van der Waals surface area contributed by atoms with Gasteiger partial charge in [-0.1, -0.05) is 80.4 Å². The molecule has 3 rings (SSSR count). The van der Waals surface area contributed by atoms with E-state index in [-0.39, 0.29) is 5.92 Å². The van der Waals surface area contributed by atoms with Crippen LogP contribution in [0.25, 0.3) is 0 Å². The van der Waals surface area contributed by atoms with Crippen molar-refractivity contribution in [3.05, 3.63) is 125 Å². The van der Waals surface area contributed by atoms with E-state index in [0.717, 1.165) is 45.1 Å². The normalized spacial score (nSPS) is 10.7. The van der Waals surface area contributed by atoms with Crippen LogP contribution in [0.2, 0.25) is 0 Å². The lowest BCUT2D eigenvalue weighted by molar-refractivity contribution is 0.356. The van der Waals surface area contributed by atoms with E-state index in [1.165, 1.54) is 11.1 Å². The van der Waals surface area contributed by atoms with E-state index in [0.29, 0.717) is 19.8 Å². The maximum absolute atomic E-state index is 6.10. The number of ether oxygens (including phenoxy) is 3. The second-order valence-electron chi connectivity index (χ2n) is 8.74. The first-order valence-corrected chi connectivity index (χ1v) is 11.9. The van der Waals surface area contributed by atoms with Crippen LogP contribution in [0.3, 0.4) is 0 Å². The molecule has 0 spiro atoms. The molecular formula is C32H36O3. The highest BCUT2D eigenvalue weighted by molar-refractivity contribution is 5.56. The molecule has 182 valence electrons. The highest BCUT2D eigenvalue weighted by Gasteiger charge is 2.24. The SMILES string of the molecule is C=CCOc1ccccc1C(c1cc(C)c(OCC=C)c(C)c1)c1cc(C)c(OCC=C)c(C)c1. The van der Waals surface area contributed by atoms with Gasteiger partial charge in [-0.15, -0.1) is 0 Å². The summed E-state index contributed by atoms with van der Waals surface area (Å²) in [4.78, 5) is 0. The van der Waals surface area contributed by atoms with Crippen molar-refractivity contribution in [1.82, 2.24) is 0 Å². The summed E-state index contributed by atoms with van der Waals surface area (Å²) in [6.45, 7) is 21.1. The highest BCUT2D eigenvalue weighted by Crippen LogP contribution is 2.41. The summed E-state index contributed by atoms with van der Waals surface area (Å²) in [7, 11) is 0. The van der Waals surface area contributed by atoms with E-state index in [9.17, 15) is 0 Å². The molecule has 3 heteroatoms. The Labute approximate surface area is 210 Å². The van der Waals surface area contributed by atoms with Crippen LogP contribution >= 0.6 is 0 Å². The Morgan fingerprint density at radius 3 is 1.46 bits per heavy atom. The summed E-state index contributed by atoms with van der Waals surface area (Å²) >= 11 is 0. The lowest BCUT2D eigenvalue weighted by Crippen LogP contribution is -2.10. The first kappa shape index (κ1) is 25.9. The zero-order chi connectivity index (χ0) is 25.4. The first-order chi connectivity index (χ1) is 16.9. The Morgan fingerprint density at radius 1 is 0.629 bits per heavy atom. The predicted octanol–water partition coefficient (Wildman–Crippen LogP) is 7.79. The molecule has 0 N–H and O–H groups in total. The third-order valence-electron chi connectivity index (χ3n) is 5.91. The van der Waals surface area contributed by atoms with Crippen LogP contribution < -0.4 is 14.2 Å². The molecule has 0 radical (unpaired) electrons. The van der Waals surface area contributed by atoms with Gasteiger partial charge in [0.1, 0.15) is 37.1 Å². The molecule has 35 heavy (non-hydrogen) atoms. The number of hydrogen-bond acceptors (Lipinski definition) is 3. The maximum Gasteiger partial charge on any atom is 0.125 e. The molecule has 0 atom stereocenters. The molecule has 3 aromatic rings. The van der Waals surface area contributed by atoms with Crippen LogP contribution in [0.15, 0.2) is 86.5 Å². The quantitative estimate of drug-likeness (QED) is 0.200. The van der Waals surface area contributed by atoms with Crippen LogP contribution in [-0.4, -0.2) is 19.8 Å². The zero-order valence-electron chi connectivity index (χ0n) is 21.4. The molecule has 3 aromatic carbocycles. The Bertz CT molecular complexity index is 1090. The minimum atomic E-state index is -0.0345. The average molecular weight is 469 g/mol. The lowest BCUT2D eigenvalue weighted by atomic mass is 9.82. The number of hydrogen-bond donors (Lipinski definition) is 0. The summed E-state index contributed by atoms with van der Waals surface area (Å²) < 4.78 is 18.0. The molecule has 0 heterocycles. The Morgan fingerprint density at radius 2 is 1.03 bits per heavy atom. The molecule has 0 amide bonds. The summed E-state index contributed by atoms with van der Waals surface area (Å²) in [5.41, 5.74) is 7.84. The van der Waals surface area contributed by atoms with Crippen molar-refractivity contribution in [2.75, 3.05) is 19.8 Å². The molecule has 0 aliphatic rings. The summed E-state index contributed by atoms with van der Waals surface area (Å²) in [5, 5.41) is 0. The fourth-order valence-electron chi connectivity index (χ4n) is 4.59. The topological polar surface area (TPSA) is 27.7 Å². The third kappa shape index (κ3) is 6.05. The second-order valence-corrected chi connectivity index (χ2v) is 8.74. The van der Waals surface area contributed by atoms with Gasteiger partial charge in [0.2, 0.25) is 0 Å². The minimum Gasteiger partial charge on any atom is -0.489 e. The van der Waals surface area contributed by atoms with Crippen LogP contribution in [-0.2, 0) is 0 Å². The highest BCUT2D eigenvalue weighted by atomic mass is 16.5. The fraction of sp³-hybridized carbons (Fsp3) is 0.250. The van der Waals surface area contributed by atoms with Crippen molar-refractivity contribution in [3.63, 3.8) is 0 Å². The van der Waals surface area contributed by atoms with E-state index >= 15 is 0 Å². The van der Waals surface area contributed by atoms with Gasteiger partial charge in [0.15, 0.2) is 0 Å². The van der Waals surface area contributed by atoms with Gasteiger partial charge in [0, 0.05) is 11.5 Å². The fourth-order valence-corrected chi connectivity index (χ4v) is 4.59. The second kappa shape index (κ2) is 12.1. The van der Waals surface area contributed by atoms with Gasteiger partial charge < -0.3 is 14.2 Å². The molecular weight excluding hydrogens is 432 g/mol. The monoisotopic (exact) mass is 468 g/mol.